The average molecular weight is 160 g/mol. The second kappa shape index (κ2) is 9.44. The van der Waals surface area contributed by atoms with Crippen molar-refractivity contribution in [2.45, 2.75) is 0 Å². The molecular formula is C12H16. The molecule has 0 heterocycles. The quantitative estimate of drug-likeness (QED) is 0.548. The predicted octanol–water partition coefficient (Wildman–Crippen LogP) is 3.83. The molecule has 0 aliphatic rings. The fourth-order valence-corrected chi connectivity index (χ4v) is 0.262. The minimum atomic E-state index is 0.833. The molecule has 0 bridgehead atoms. The van der Waals surface area contributed by atoms with Crippen molar-refractivity contribution in [2.75, 3.05) is 0 Å². The Hall–Kier alpha value is -1.56. The van der Waals surface area contributed by atoms with Crippen molar-refractivity contribution in [3.05, 3.63) is 74.9 Å². The van der Waals surface area contributed by atoms with Gasteiger partial charge in [-0.25, -0.2) is 0 Å². The molecule has 0 spiro atoms. The molecule has 0 aromatic rings. The lowest BCUT2D eigenvalue weighted by atomic mass is 10.1. The van der Waals surface area contributed by atoms with E-state index in [1.54, 1.807) is 24.3 Å². The van der Waals surface area contributed by atoms with Crippen LogP contribution in [0.25, 0.3) is 0 Å². The standard InChI is InChI=1S/C8H10.C4H6/c1-5-7(3)8(4)6-2;1-3-4-2/h5-6H,1-4H2;3-4H,1-2H2. The fourth-order valence-electron chi connectivity index (χ4n) is 0.262. The number of allylic oxidation sites excluding steroid dienone is 6. The second-order valence-electron chi connectivity index (χ2n) is 1.93. The van der Waals surface area contributed by atoms with E-state index in [-0.39, 0.29) is 0 Å². The third kappa shape index (κ3) is 8.44. The smallest absolute Gasteiger partial charge is 0.0268 e. The van der Waals surface area contributed by atoms with Gasteiger partial charge in [-0.15, -0.1) is 0 Å². The predicted molar refractivity (Wildman–Crippen MR) is 59.1 cm³/mol. The zero-order valence-corrected chi connectivity index (χ0v) is 7.55. The Bertz CT molecular complexity index is 180. The highest BCUT2D eigenvalue weighted by atomic mass is 13.9. The molecule has 64 valence electrons. The van der Waals surface area contributed by atoms with Crippen LogP contribution in [0.3, 0.4) is 0 Å². The summed E-state index contributed by atoms with van der Waals surface area (Å²) >= 11 is 0. The van der Waals surface area contributed by atoms with Crippen LogP contribution in [0.4, 0.5) is 0 Å². The molecule has 0 rings (SSSR count). The Labute approximate surface area is 75.6 Å². The molecule has 0 amide bonds. The van der Waals surface area contributed by atoms with Gasteiger partial charge in [0.2, 0.25) is 0 Å². The Morgan fingerprint density at radius 3 is 1.00 bits per heavy atom. The average Bonchev–Trinajstić information content (AvgIpc) is 2.15. The number of rotatable bonds is 4. The first-order valence-corrected chi connectivity index (χ1v) is 3.50. The van der Waals surface area contributed by atoms with Crippen molar-refractivity contribution in [1.82, 2.24) is 0 Å². The highest BCUT2D eigenvalue weighted by Crippen LogP contribution is 2.04. The van der Waals surface area contributed by atoms with E-state index in [1.807, 2.05) is 0 Å². The van der Waals surface area contributed by atoms with E-state index in [4.69, 9.17) is 0 Å². The minimum Gasteiger partial charge on any atom is -0.0991 e. The maximum atomic E-state index is 3.66. The summed E-state index contributed by atoms with van der Waals surface area (Å²) in [5.74, 6) is 0. The minimum absolute atomic E-state index is 0.833. The van der Waals surface area contributed by atoms with Crippen molar-refractivity contribution in [2.24, 2.45) is 0 Å². The maximum Gasteiger partial charge on any atom is -0.0268 e. The monoisotopic (exact) mass is 160 g/mol. The first-order valence-electron chi connectivity index (χ1n) is 3.50. The third-order valence-electron chi connectivity index (χ3n) is 1.07. The molecule has 0 aromatic carbocycles. The zero-order chi connectivity index (χ0) is 9.98. The molecule has 12 heavy (non-hydrogen) atoms. The Morgan fingerprint density at radius 1 is 0.667 bits per heavy atom. The molecule has 0 unspecified atom stereocenters. The highest BCUT2D eigenvalue weighted by Gasteiger charge is 1.84. The highest BCUT2D eigenvalue weighted by molar-refractivity contribution is 5.40. The van der Waals surface area contributed by atoms with Crippen molar-refractivity contribution < 1.29 is 0 Å². The van der Waals surface area contributed by atoms with Gasteiger partial charge in [0.1, 0.15) is 0 Å². The van der Waals surface area contributed by atoms with Gasteiger partial charge < -0.3 is 0 Å². The number of hydrogen-bond acceptors (Lipinski definition) is 0. The van der Waals surface area contributed by atoms with Gasteiger partial charge in [0.25, 0.3) is 0 Å². The van der Waals surface area contributed by atoms with E-state index in [0.717, 1.165) is 11.1 Å². The number of hydrogen-bond donors (Lipinski definition) is 0. The van der Waals surface area contributed by atoms with Crippen molar-refractivity contribution in [1.29, 1.82) is 0 Å². The lowest BCUT2D eigenvalue weighted by Crippen LogP contribution is -1.73. The van der Waals surface area contributed by atoms with E-state index in [9.17, 15) is 0 Å². The van der Waals surface area contributed by atoms with Gasteiger partial charge in [-0.05, 0) is 11.1 Å². The summed E-state index contributed by atoms with van der Waals surface area (Å²) in [6.45, 7) is 21.1. The van der Waals surface area contributed by atoms with E-state index < -0.39 is 0 Å². The summed E-state index contributed by atoms with van der Waals surface area (Å²) < 4.78 is 0. The summed E-state index contributed by atoms with van der Waals surface area (Å²) in [5, 5.41) is 0. The SMILES string of the molecule is C=CC(=C)C(=C)C=C.C=CC=C. The summed E-state index contributed by atoms with van der Waals surface area (Å²) in [6.07, 6.45) is 6.59. The molecule has 0 heteroatoms. The van der Waals surface area contributed by atoms with E-state index >= 15 is 0 Å². The van der Waals surface area contributed by atoms with E-state index in [1.165, 1.54) is 0 Å². The van der Waals surface area contributed by atoms with Crippen LogP contribution in [-0.2, 0) is 0 Å². The molecule has 0 aliphatic carbocycles. The molecule has 0 saturated heterocycles. The van der Waals surface area contributed by atoms with E-state index in [2.05, 4.69) is 39.5 Å². The summed E-state index contributed by atoms with van der Waals surface area (Å²) in [6, 6.07) is 0. The normalized spacial score (nSPS) is 6.67. The maximum absolute atomic E-state index is 3.66. The van der Waals surface area contributed by atoms with Crippen LogP contribution in [0, 0.1) is 0 Å². The molecular weight excluding hydrogens is 144 g/mol. The first-order chi connectivity index (χ1) is 5.63. The Kier molecular flexibility index (Phi) is 10.3. The van der Waals surface area contributed by atoms with Crippen LogP contribution in [-0.4, -0.2) is 0 Å². The Morgan fingerprint density at radius 2 is 0.917 bits per heavy atom. The van der Waals surface area contributed by atoms with E-state index in [0.29, 0.717) is 0 Å². The van der Waals surface area contributed by atoms with Gasteiger partial charge in [0, 0.05) is 0 Å². The van der Waals surface area contributed by atoms with Gasteiger partial charge in [-0.2, -0.15) is 0 Å². The van der Waals surface area contributed by atoms with Gasteiger partial charge in [-0.3, -0.25) is 0 Å². The zero-order valence-electron chi connectivity index (χ0n) is 7.55. The Balaban J connectivity index is 0. The molecule has 0 saturated carbocycles. The third-order valence-corrected chi connectivity index (χ3v) is 1.07. The summed E-state index contributed by atoms with van der Waals surface area (Å²) in [7, 11) is 0. The molecule has 0 atom stereocenters. The largest absolute Gasteiger partial charge is 0.0991 e. The topological polar surface area (TPSA) is 0 Å². The van der Waals surface area contributed by atoms with Crippen molar-refractivity contribution in [3.63, 3.8) is 0 Å². The van der Waals surface area contributed by atoms with Gasteiger partial charge in [-0.1, -0.05) is 63.8 Å². The lowest BCUT2D eigenvalue weighted by Gasteiger charge is -1.93. The van der Waals surface area contributed by atoms with Gasteiger partial charge in [0.15, 0.2) is 0 Å². The first kappa shape index (κ1) is 13.1. The van der Waals surface area contributed by atoms with Crippen LogP contribution in [0.15, 0.2) is 74.9 Å². The van der Waals surface area contributed by atoms with Crippen LogP contribution >= 0.6 is 0 Å². The van der Waals surface area contributed by atoms with Crippen molar-refractivity contribution in [3.8, 4) is 0 Å². The molecule has 0 N–H and O–H groups in total. The van der Waals surface area contributed by atoms with Gasteiger partial charge in [0.05, 0.1) is 0 Å². The molecule has 0 nitrogen and oxygen atoms in total. The van der Waals surface area contributed by atoms with Crippen LogP contribution in [0.5, 0.6) is 0 Å². The fraction of sp³-hybridized carbons (Fsp3) is 0. The summed E-state index contributed by atoms with van der Waals surface area (Å²) in [5.41, 5.74) is 1.67. The van der Waals surface area contributed by atoms with Crippen LogP contribution in [0.1, 0.15) is 0 Å². The van der Waals surface area contributed by atoms with Crippen LogP contribution < -0.4 is 0 Å². The molecule has 0 radical (unpaired) electrons. The van der Waals surface area contributed by atoms with Crippen LogP contribution in [0.2, 0.25) is 0 Å². The summed E-state index contributed by atoms with van der Waals surface area (Å²) in [4.78, 5) is 0. The van der Waals surface area contributed by atoms with Gasteiger partial charge >= 0.3 is 0 Å². The lowest BCUT2D eigenvalue weighted by molar-refractivity contribution is 1.63. The molecule has 0 aromatic heterocycles. The van der Waals surface area contributed by atoms with Crippen molar-refractivity contribution >= 4 is 0 Å². The molecule has 0 fully saturated rings. The second-order valence-corrected chi connectivity index (χ2v) is 1.93. The molecule has 0 aliphatic heterocycles.